The van der Waals surface area contributed by atoms with Gasteiger partial charge < -0.3 is 10.2 Å². The number of hydrogen-bond donors (Lipinski definition) is 1. The summed E-state index contributed by atoms with van der Waals surface area (Å²) in [5.74, 6) is -0.145. The molecule has 0 spiro atoms. The van der Waals surface area contributed by atoms with Crippen molar-refractivity contribution in [2.45, 2.75) is 38.6 Å². The monoisotopic (exact) mass is 344 g/mol. The Morgan fingerprint density at radius 1 is 1.40 bits per heavy atom. The molecule has 2 aliphatic rings. The van der Waals surface area contributed by atoms with E-state index in [4.69, 9.17) is 0 Å². The first kappa shape index (κ1) is 17.4. The molecule has 1 atom stereocenters. The Morgan fingerprint density at radius 2 is 2.20 bits per heavy atom. The Morgan fingerprint density at radius 3 is 2.84 bits per heavy atom. The zero-order valence-corrected chi connectivity index (χ0v) is 14.7. The number of pyridine rings is 1. The lowest BCUT2D eigenvalue weighted by molar-refractivity contribution is -0.139. The molecule has 3 rings (SSSR count). The zero-order chi connectivity index (χ0) is 18.0. The lowest BCUT2D eigenvalue weighted by Crippen LogP contribution is -2.47. The van der Waals surface area contributed by atoms with Gasteiger partial charge in [-0.1, -0.05) is 6.07 Å². The van der Waals surface area contributed by atoms with Crippen LogP contribution in [-0.4, -0.2) is 57.8 Å². The number of aromatic nitrogens is 1. The van der Waals surface area contributed by atoms with E-state index in [9.17, 15) is 14.4 Å². The predicted molar refractivity (Wildman–Crippen MR) is 91.6 cm³/mol. The van der Waals surface area contributed by atoms with Crippen LogP contribution >= 0.6 is 0 Å². The number of rotatable bonds is 4. The summed E-state index contributed by atoms with van der Waals surface area (Å²) in [6.45, 7) is 4.43. The summed E-state index contributed by atoms with van der Waals surface area (Å²) in [7, 11) is 0. The fourth-order valence-corrected chi connectivity index (χ4v) is 3.51. The molecule has 0 aliphatic carbocycles. The number of amides is 4. The van der Waals surface area contributed by atoms with Crippen molar-refractivity contribution in [3.8, 4) is 0 Å². The first-order valence-electron chi connectivity index (χ1n) is 8.67. The number of likely N-dealkylation sites (tertiary alicyclic amines) is 1. The molecule has 134 valence electrons. The molecule has 3 heterocycles. The third-order valence-electron chi connectivity index (χ3n) is 4.86. The average molecular weight is 344 g/mol. The minimum absolute atomic E-state index is 0.169. The van der Waals surface area contributed by atoms with E-state index in [0.29, 0.717) is 19.0 Å². The summed E-state index contributed by atoms with van der Waals surface area (Å²) in [5, 5.41) is 2.60. The van der Waals surface area contributed by atoms with Crippen LogP contribution in [0.1, 0.15) is 32.3 Å². The van der Waals surface area contributed by atoms with Crippen LogP contribution in [0.25, 0.3) is 0 Å². The van der Waals surface area contributed by atoms with E-state index < -0.39 is 11.6 Å². The van der Waals surface area contributed by atoms with Crippen molar-refractivity contribution in [1.29, 1.82) is 0 Å². The molecule has 0 unspecified atom stereocenters. The van der Waals surface area contributed by atoms with Gasteiger partial charge in [-0.15, -0.1) is 0 Å². The van der Waals surface area contributed by atoms with Crippen molar-refractivity contribution in [2.75, 3.05) is 19.6 Å². The van der Waals surface area contributed by atoms with Crippen LogP contribution in [0, 0.1) is 5.92 Å². The summed E-state index contributed by atoms with van der Waals surface area (Å²) in [6.07, 6.45) is 6.49. The number of nitrogens with zero attached hydrogens (tertiary/aromatic N) is 3. The van der Waals surface area contributed by atoms with Gasteiger partial charge in [-0.2, -0.15) is 0 Å². The van der Waals surface area contributed by atoms with Gasteiger partial charge in [0.1, 0.15) is 12.1 Å². The second kappa shape index (κ2) is 6.82. The summed E-state index contributed by atoms with van der Waals surface area (Å²) in [5.41, 5.74) is 0.222. The number of carbonyl (C=O) groups excluding carboxylic acids is 3. The first-order valence-corrected chi connectivity index (χ1v) is 8.67. The summed E-state index contributed by atoms with van der Waals surface area (Å²) < 4.78 is 0. The summed E-state index contributed by atoms with van der Waals surface area (Å²) in [6, 6.07) is 3.47. The quantitative estimate of drug-likeness (QED) is 0.832. The van der Waals surface area contributed by atoms with E-state index in [0.717, 1.165) is 29.7 Å². The fourth-order valence-electron chi connectivity index (χ4n) is 3.51. The number of hydrogen-bond acceptors (Lipinski definition) is 4. The minimum atomic E-state index is -0.942. The first-order chi connectivity index (χ1) is 11.9. The van der Waals surface area contributed by atoms with Crippen LogP contribution < -0.4 is 5.32 Å². The highest BCUT2D eigenvalue weighted by molar-refractivity contribution is 6.08. The number of piperidine rings is 1. The van der Waals surface area contributed by atoms with Crippen LogP contribution in [0.15, 0.2) is 24.5 Å². The normalized spacial score (nSPS) is 22.9. The van der Waals surface area contributed by atoms with Crippen molar-refractivity contribution in [3.05, 3.63) is 30.1 Å². The molecule has 0 radical (unpaired) electrons. The van der Waals surface area contributed by atoms with Crippen LogP contribution in [0.4, 0.5) is 4.79 Å². The molecule has 1 aromatic heterocycles. The highest BCUT2D eigenvalue weighted by atomic mass is 16.2. The van der Waals surface area contributed by atoms with E-state index in [1.54, 1.807) is 24.9 Å². The number of urea groups is 1. The third-order valence-corrected chi connectivity index (χ3v) is 4.86. The maximum Gasteiger partial charge on any atom is 0.325 e. The molecule has 1 N–H and O–H groups in total. The molecule has 25 heavy (non-hydrogen) atoms. The van der Waals surface area contributed by atoms with Gasteiger partial charge in [0.25, 0.3) is 5.91 Å². The average Bonchev–Trinajstić information content (AvgIpc) is 2.78. The van der Waals surface area contributed by atoms with E-state index in [1.165, 1.54) is 0 Å². The van der Waals surface area contributed by atoms with Gasteiger partial charge in [-0.3, -0.25) is 19.5 Å². The molecule has 0 saturated carbocycles. The Balaban J connectivity index is 1.59. The lowest BCUT2D eigenvalue weighted by Gasteiger charge is -2.33. The number of nitrogens with one attached hydrogen (secondary N) is 1. The lowest BCUT2D eigenvalue weighted by atomic mass is 9.92. The Hall–Kier alpha value is -2.44. The molecule has 7 heteroatoms. The number of imide groups is 1. The van der Waals surface area contributed by atoms with Crippen molar-refractivity contribution >= 4 is 17.8 Å². The van der Waals surface area contributed by atoms with E-state index in [-0.39, 0.29) is 18.4 Å². The largest absolute Gasteiger partial charge is 0.341 e. The molecular weight excluding hydrogens is 320 g/mol. The number of carbonyl (C=O) groups is 3. The Bertz CT molecular complexity index is 674. The van der Waals surface area contributed by atoms with Crippen molar-refractivity contribution in [1.82, 2.24) is 20.1 Å². The SMILES string of the molecule is CC1(C)NC(=O)N(CC(=O)N2CCC[C@@H](Cc3cccnc3)C2)C1=O. The van der Waals surface area contributed by atoms with Gasteiger partial charge in [0.2, 0.25) is 5.91 Å². The van der Waals surface area contributed by atoms with Gasteiger partial charge in [0.05, 0.1) is 0 Å². The van der Waals surface area contributed by atoms with E-state index in [1.807, 2.05) is 18.3 Å². The second-order valence-electron chi connectivity index (χ2n) is 7.36. The van der Waals surface area contributed by atoms with Gasteiger partial charge in [0.15, 0.2) is 0 Å². The maximum atomic E-state index is 12.6. The van der Waals surface area contributed by atoms with Gasteiger partial charge in [-0.25, -0.2) is 4.79 Å². The molecular formula is C18H24N4O3. The maximum absolute atomic E-state index is 12.6. The highest BCUT2D eigenvalue weighted by Crippen LogP contribution is 2.22. The van der Waals surface area contributed by atoms with Crippen molar-refractivity contribution in [3.63, 3.8) is 0 Å². The van der Waals surface area contributed by atoms with Gasteiger partial charge in [0, 0.05) is 25.5 Å². The highest BCUT2D eigenvalue weighted by Gasteiger charge is 2.45. The molecule has 2 saturated heterocycles. The van der Waals surface area contributed by atoms with Crippen LogP contribution in [0.3, 0.4) is 0 Å². The molecule has 2 fully saturated rings. The van der Waals surface area contributed by atoms with E-state index in [2.05, 4.69) is 10.3 Å². The van der Waals surface area contributed by atoms with Crippen LogP contribution in [0.5, 0.6) is 0 Å². The van der Waals surface area contributed by atoms with Gasteiger partial charge >= 0.3 is 6.03 Å². The molecule has 7 nitrogen and oxygen atoms in total. The molecule has 1 aromatic rings. The smallest absolute Gasteiger partial charge is 0.325 e. The van der Waals surface area contributed by atoms with Crippen LogP contribution in [-0.2, 0) is 16.0 Å². The molecule has 4 amide bonds. The summed E-state index contributed by atoms with van der Waals surface area (Å²) in [4.78, 5) is 43.7. The van der Waals surface area contributed by atoms with Crippen molar-refractivity contribution < 1.29 is 14.4 Å². The summed E-state index contributed by atoms with van der Waals surface area (Å²) >= 11 is 0. The standard InChI is InChI=1S/C18H24N4O3/c1-18(2)16(24)22(17(25)20-18)12-15(23)21-8-4-6-14(11-21)9-13-5-3-7-19-10-13/h3,5,7,10,14H,4,6,8-9,11-12H2,1-2H3,(H,20,25)/t14-/m0/s1. The van der Waals surface area contributed by atoms with Crippen molar-refractivity contribution in [2.24, 2.45) is 5.92 Å². The topological polar surface area (TPSA) is 82.6 Å². The molecule has 0 aromatic carbocycles. The Labute approximate surface area is 147 Å². The molecule has 0 bridgehead atoms. The van der Waals surface area contributed by atoms with E-state index >= 15 is 0 Å². The Kier molecular flexibility index (Phi) is 4.74. The zero-order valence-electron chi connectivity index (χ0n) is 14.7. The second-order valence-corrected chi connectivity index (χ2v) is 7.36. The fraction of sp³-hybridized carbons (Fsp3) is 0.556. The minimum Gasteiger partial charge on any atom is -0.341 e. The third kappa shape index (κ3) is 3.81. The van der Waals surface area contributed by atoms with Crippen LogP contribution in [0.2, 0.25) is 0 Å². The predicted octanol–water partition coefficient (Wildman–Crippen LogP) is 1.19. The molecule has 2 aliphatic heterocycles. The van der Waals surface area contributed by atoms with Gasteiger partial charge in [-0.05, 0) is 50.7 Å².